The molecule has 0 aliphatic heterocycles. The minimum atomic E-state index is -0.144. The molecule has 5 rings (SSSR count). The van der Waals surface area contributed by atoms with E-state index >= 15 is 0 Å². The molecule has 4 aliphatic carbocycles. The number of aliphatic hydroxyl groups is 1. The van der Waals surface area contributed by atoms with Gasteiger partial charge in [-0.2, -0.15) is 0 Å². The van der Waals surface area contributed by atoms with Crippen LogP contribution in [0.2, 0.25) is 0 Å². The van der Waals surface area contributed by atoms with Crippen LogP contribution in [0.15, 0.2) is 47.1 Å². The maximum absolute atomic E-state index is 10.3. The number of benzene rings is 1. The standard InChI is InChI=1S/C30H42N2O2/c1-29-17-15-23(33)19-21(29)8-11-24-25-12-13-27(30(25,2)18-16-26(24)29)28(31-34)14-7-20-5-9-22(10-6-20)32(3)4/h5-10,14,23-27,33-34H,11-13,15-19H2,1-4H3/b14-7+,31-28-/t23?,24-,25-,26-,27+,29-,30-/m0/s1. The Morgan fingerprint density at radius 1 is 1.03 bits per heavy atom. The van der Waals surface area contributed by atoms with E-state index in [1.165, 1.54) is 30.5 Å². The summed E-state index contributed by atoms with van der Waals surface area (Å²) in [5, 5.41) is 24.1. The predicted molar refractivity (Wildman–Crippen MR) is 140 cm³/mol. The molecule has 1 aromatic rings. The zero-order valence-corrected chi connectivity index (χ0v) is 21.4. The maximum Gasteiger partial charge on any atom is 0.0832 e. The smallest absolute Gasteiger partial charge is 0.0832 e. The van der Waals surface area contributed by atoms with Gasteiger partial charge in [-0.1, -0.05) is 48.9 Å². The summed E-state index contributed by atoms with van der Waals surface area (Å²) in [4.78, 5) is 2.10. The SMILES string of the molecule is CN(C)c1ccc(/C=C/C(=N/O)[C@H]2CC[C@H]3[C@@H]4CC=C5CC(O)CC[C@]5(C)[C@H]4CC[C@]23C)cc1. The summed E-state index contributed by atoms with van der Waals surface area (Å²) in [5.74, 6) is 2.45. The van der Waals surface area contributed by atoms with Gasteiger partial charge in [0.1, 0.15) is 0 Å². The Hall–Kier alpha value is -2.07. The number of hydrogen-bond donors (Lipinski definition) is 2. The Bertz CT molecular complexity index is 994. The minimum absolute atomic E-state index is 0.144. The Labute approximate surface area is 205 Å². The normalized spacial score (nSPS) is 39.9. The van der Waals surface area contributed by atoms with Gasteiger partial charge in [0.25, 0.3) is 0 Å². The van der Waals surface area contributed by atoms with Crippen LogP contribution in [-0.4, -0.2) is 36.2 Å². The first-order chi connectivity index (χ1) is 16.3. The van der Waals surface area contributed by atoms with E-state index in [2.05, 4.69) is 66.4 Å². The highest BCUT2D eigenvalue weighted by atomic mass is 16.4. The third-order valence-electron chi connectivity index (χ3n) is 10.4. The van der Waals surface area contributed by atoms with Gasteiger partial charge < -0.3 is 15.2 Å². The number of nitrogens with zero attached hydrogens (tertiary/aromatic N) is 2. The van der Waals surface area contributed by atoms with Crippen LogP contribution in [0.3, 0.4) is 0 Å². The molecule has 3 saturated carbocycles. The molecule has 7 atom stereocenters. The number of hydrogen-bond acceptors (Lipinski definition) is 4. The van der Waals surface area contributed by atoms with Crippen molar-refractivity contribution in [3.8, 4) is 0 Å². The molecular weight excluding hydrogens is 420 g/mol. The Morgan fingerprint density at radius 3 is 2.50 bits per heavy atom. The van der Waals surface area contributed by atoms with Crippen molar-refractivity contribution in [3.63, 3.8) is 0 Å². The van der Waals surface area contributed by atoms with Gasteiger partial charge >= 0.3 is 0 Å². The van der Waals surface area contributed by atoms with Gasteiger partial charge in [-0.15, -0.1) is 0 Å². The van der Waals surface area contributed by atoms with Gasteiger partial charge in [0.15, 0.2) is 0 Å². The van der Waals surface area contributed by atoms with Crippen LogP contribution in [0, 0.1) is 34.5 Å². The minimum Gasteiger partial charge on any atom is -0.411 e. The molecule has 4 aliphatic rings. The fourth-order valence-electron chi connectivity index (χ4n) is 8.41. The van der Waals surface area contributed by atoms with E-state index in [-0.39, 0.29) is 16.9 Å². The highest BCUT2D eigenvalue weighted by Crippen LogP contribution is 2.66. The molecule has 0 saturated heterocycles. The molecule has 184 valence electrons. The van der Waals surface area contributed by atoms with E-state index in [4.69, 9.17) is 0 Å². The van der Waals surface area contributed by atoms with E-state index in [9.17, 15) is 10.3 Å². The highest BCUT2D eigenvalue weighted by Gasteiger charge is 2.59. The van der Waals surface area contributed by atoms with Crippen molar-refractivity contribution < 1.29 is 10.3 Å². The average Bonchev–Trinajstić information content (AvgIpc) is 3.17. The fourth-order valence-corrected chi connectivity index (χ4v) is 8.41. The van der Waals surface area contributed by atoms with Gasteiger partial charge in [-0.05, 0) is 104 Å². The van der Waals surface area contributed by atoms with Crippen molar-refractivity contribution in [2.45, 2.75) is 71.3 Å². The van der Waals surface area contributed by atoms with Gasteiger partial charge in [0, 0.05) is 25.7 Å². The fraction of sp³-hybridized carbons (Fsp3) is 0.633. The average molecular weight is 463 g/mol. The molecule has 2 N–H and O–H groups in total. The number of oxime groups is 1. The van der Waals surface area contributed by atoms with Crippen molar-refractivity contribution >= 4 is 17.5 Å². The Morgan fingerprint density at radius 2 is 1.79 bits per heavy atom. The summed E-state index contributed by atoms with van der Waals surface area (Å²) in [7, 11) is 4.10. The van der Waals surface area contributed by atoms with Gasteiger partial charge in [0.2, 0.25) is 0 Å². The lowest BCUT2D eigenvalue weighted by molar-refractivity contribution is -0.0424. The maximum atomic E-state index is 10.3. The molecule has 1 unspecified atom stereocenters. The number of anilines is 1. The second kappa shape index (κ2) is 8.86. The molecular formula is C30H42N2O2. The molecule has 0 aromatic heterocycles. The molecule has 4 heteroatoms. The van der Waals surface area contributed by atoms with Crippen LogP contribution in [0.25, 0.3) is 6.08 Å². The van der Waals surface area contributed by atoms with Crippen molar-refractivity contribution in [2.24, 2.45) is 39.7 Å². The number of fused-ring (bicyclic) bond motifs is 5. The summed E-state index contributed by atoms with van der Waals surface area (Å²) in [5.41, 5.74) is 5.16. The van der Waals surface area contributed by atoms with Crippen LogP contribution in [-0.2, 0) is 0 Å². The third kappa shape index (κ3) is 3.82. The van der Waals surface area contributed by atoms with E-state index < -0.39 is 0 Å². The molecule has 0 radical (unpaired) electrons. The zero-order chi connectivity index (χ0) is 24.1. The first-order valence-electron chi connectivity index (χ1n) is 13.3. The van der Waals surface area contributed by atoms with E-state index in [1.807, 2.05) is 14.1 Å². The largest absolute Gasteiger partial charge is 0.411 e. The van der Waals surface area contributed by atoms with E-state index in [0.29, 0.717) is 11.8 Å². The quantitative estimate of drug-likeness (QED) is 0.231. The first kappa shape index (κ1) is 23.7. The van der Waals surface area contributed by atoms with Crippen LogP contribution >= 0.6 is 0 Å². The van der Waals surface area contributed by atoms with Crippen LogP contribution < -0.4 is 4.90 Å². The lowest BCUT2D eigenvalue weighted by Gasteiger charge is -2.58. The van der Waals surface area contributed by atoms with Crippen LogP contribution in [0.5, 0.6) is 0 Å². The molecule has 4 nitrogen and oxygen atoms in total. The van der Waals surface area contributed by atoms with Crippen molar-refractivity contribution in [3.05, 3.63) is 47.6 Å². The lowest BCUT2D eigenvalue weighted by Crippen LogP contribution is -2.51. The predicted octanol–water partition coefficient (Wildman–Crippen LogP) is 6.54. The summed E-state index contributed by atoms with van der Waals surface area (Å²) in [6.45, 7) is 4.96. The number of allylic oxidation sites excluding steroid dienone is 2. The zero-order valence-electron chi connectivity index (χ0n) is 21.4. The molecule has 0 spiro atoms. The first-order valence-corrected chi connectivity index (χ1v) is 13.3. The highest BCUT2D eigenvalue weighted by molar-refractivity contribution is 6.00. The summed E-state index contributed by atoms with van der Waals surface area (Å²) in [6, 6.07) is 8.50. The number of rotatable bonds is 4. The lowest BCUT2D eigenvalue weighted by atomic mass is 9.47. The molecule has 0 heterocycles. The van der Waals surface area contributed by atoms with Crippen molar-refractivity contribution in [2.75, 3.05) is 19.0 Å². The topological polar surface area (TPSA) is 56.1 Å². The molecule has 1 aromatic carbocycles. The summed E-state index contributed by atoms with van der Waals surface area (Å²) >= 11 is 0. The molecule has 34 heavy (non-hydrogen) atoms. The number of aliphatic hydroxyl groups excluding tert-OH is 1. The van der Waals surface area contributed by atoms with Gasteiger partial charge in [0.05, 0.1) is 11.8 Å². The van der Waals surface area contributed by atoms with Crippen LogP contribution in [0.4, 0.5) is 5.69 Å². The van der Waals surface area contributed by atoms with E-state index in [0.717, 1.165) is 55.2 Å². The molecule has 0 amide bonds. The summed E-state index contributed by atoms with van der Waals surface area (Å²) in [6.07, 6.45) is 15.4. The van der Waals surface area contributed by atoms with Crippen molar-refractivity contribution in [1.29, 1.82) is 0 Å². The second-order valence-electron chi connectivity index (χ2n) is 12.2. The third-order valence-corrected chi connectivity index (χ3v) is 10.4. The Balaban J connectivity index is 1.35. The Kier molecular flexibility index (Phi) is 6.16. The van der Waals surface area contributed by atoms with Crippen LogP contribution in [0.1, 0.15) is 70.8 Å². The summed E-state index contributed by atoms with van der Waals surface area (Å²) < 4.78 is 0. The van der Waals surface area contributed by atoms with Gasteiger partial charge in [-0.3, -0.25) is 0 Å². The van der Waals surface area contributed by atoms with Gasteiger partial charge in [-0.25, -0.2) is 0 Å². The molecule has 3 fully saturated rings. The molecule has 0 bridgehead atoms. The van der Waals surface area contributed by atoms with E-state index in [1.54, 1.807) is 0 Å². The monoisotopic (exact) mass is 462 g/mol. The second-order valence-corrected chi connectivity index (χ2v) is 12.2. The van der Waals surface area contributed by atoms with Crippen molar-refractivity contribution in [1.82, 2.24) is 0 Å².